The van der Waals surface area contributed by atoms with Crippen molar-refractivity contribution in [2.24, 2.45) is 5.92 Å². The number of benzene rings is 4. The van der Waals surface area contributed by atoms with Crippen LogP contribution in [-0.2, 0) is 27.8 Å². The van der Waals surface area contributed by atoms with Crippen LogP contribution >= 0.6 is 0 Å². The van der Waals surface area contributed by atoms with Gasteiger partial charge in [0.1, 0.15) is 11.9 Å². The molecule has 1 amide bonds. The minimum absolute atomic E-state index is 0.0175. The van der Waals surface area contributed by atoms with E-state index in [9.17, 15) is 18.3 Å². The van der Waals surface area contributed by atoms with E-state index >= 15 is 0 Å². The van der Waals surface area contributed by atoms with Gasteiger partial charge in [-0.3, -0.25) is 14.4 Å². The molecule has 1 heterocycles. The third kappa shape index (κ3) is 8.11. The molecule has 0 saturated carbocycles. The number of hydrogen-bond acceptors (Lipinski definition) is 6. The van der Waals surface area contributed by atoms with Crippen molar-refractivity contribution in [1.29, 1.82) is 0 Å². The molecular formula is C36H41N3O5S. The first-order chi connectivity index (χ1) is 21.6. The molecule has 0 spiro atoms. The van der Waals surface area contributed by atoms with E-state index in [4.69, 9.17) is 4.74 Å². The maximum atomic E-state index is 13.6. The summed E-state index contributed by atoms with van der Waals surface area (Å²) in [6, 6.07) is 31.7. The minimum atomic E-state index is -3.81. The fourth-order valence-electron chi connectivity index (χ4n) is 5.64. The van der Waals surface area contributed by atoms with Crippen molar-refractivity contribution in [3.63, 3.8) is 0 Å². The minimum Gasteiger partial charge on any atom is -0.488 e. The zero-order valence-corrected chi connectivity index (χ0v) is 26.8. The molecule has 0 radical (unpaired) electrons. The van der Waals surface area contributed by atoms with Crippen LogP contribution in [0, 0.1) is 5.92 Å². The standard InChI is InChI=1S/C36H41N3O5S/c1-26-22-39(27(2)25-40)36(41)21-31-20-32(37-45(42,43)33-12-8-5-9-13-33)18-19-34(31)44-35(26)24-38(3)23-28-14-16-30(17-15-28)29-10-6-4-7-11-29/h4-20,26-27,35,37,40H,21-25H2,1-3H3/t26-,27-,35-/m1/s1. The fraction of sp³-hybridized carbons (Fsp3) is 0.306. The predicted octanol–water partition coefficient (Wildman–Crippen LogP) is 5.44. The molecule has 4 aromatic carbocycles. The molecule has 0 unspecified atom stereocenters. The van der Waals surface area contributed by atoms with Gasteiger partial charge in [-0.05, 0) is 61.0 Å². The van der Waals surface area contributed by atoms with Crippen LogP contribution in [0.2, 0.25) is 0 Å². The van der Waals surface area contributed by atoms with Crippen molar-refractivity contribution in [1.82, 2.24) is 9.80 Å². The summed E-state index contributed by atoms with van der Waals surface area (Å²) in [6.45, 7) is 5.46. The Morgan fingerprint density at radius 2 is 1.60 bits per heavy atom. The predicted molar refractivity (Wildman–Crippen MR) is 177 cm³/mol. The highest BCUT2D eigenvalue weighted by atomic mass is 32.2. The van der Waals surface area contributed by atoms with Crippen molar-refractivity contribution in [3.05, 3.63) is 114 Å². The lowest BCUT2D eigenvalue weighted by Crippen LogP contribution is -2.47. The molecule has 5 rings (SSSR count). The maximum Gasteiger partial charge on any atom is 0.261 e. The van der Waals surface area contributed by atoms with Gasteiger partial charge in [0, 0.05) is 36.8 Å². The summed E-state index contributed by atoms with van der Waals surface area (Å²) in [5, 5.41) is 9.96. The van der Waals surface area contributed by atoms with E-state index in [1.54, 1.807) is 41.3 Å². The number of carbonyl (C=O) groups excluding carboxylic acids is 1. The van der Waals surface area contributed by atoms with Gasteiger partial charge in [0.25, 0.3) is 10.0 Å². The summed E-state index contributed by atoms with van der Waals surface area (Å²) >= 11 is 0. The second-order valence-electron chi connectivity index (χ2n) is 11.9. The molecule has 236 valence electrons. The van der Waals surface area contributed by atoms with E-state index < -0.39 is 10.0 Å². The number of ether oxygens (including phenoxy) is 1. The summed E-state index contributed by atoms with van der Waals surface area (Å²) in [7, 11) is -1.76. The van der Waals surface area contributed by atoms with Crippen molar-refractivity contribution in [2.75, 3.05) is 31.5 Å². The van der Waals surface area contributed by atoms with Gasteiger partial charge in [-0.2, -0.15) is 0 Å². The second-order valence-corrected chi connectivity index (χ2v) is 13.6. The normalized spacial score (nSPS) is 17.9. The number of aliphatic hydroxyl groups excluding tert-OH is 1. The molecule has 8 nitrogen and oxygen atoms in total. The number of anilines is 1. The van der Waals surface area contributed by atoms with Crippen molar-refractivity contribution >= 4 is 21.6 Å². The Kier molecular flexibility index (Phi) is 10.2. The Morgan fingerprint density at radius 1 is 0.956 bits per heavy atom. The number of carbonyl (C=O) groups is 1. The Morgan fingerprint density at radius 3 is 2.27 bits per heavy atom. The Bertz CT molecular complexity index is 1680. The molecule has 0 saturated heterocycles. The highest BCUT2D eigenvalue weighted by Crippen LogP contribution is 2.30. The maximum absolute atomic E-state index is 13.6. The molecule has 0 bridgehead atoms. The van der Waals surface area contributed by atoms with Gasteiger partial charge >= 0.3 is 0 Å². The molecule has 9 heteroatoms. The Hall–Kier alpha value is -4.18. The van der Waals surface area contributed by atoms with Crippen LogP contribution in [-0.4, -0.2) is 68.1 Å². The van der Waals surface area contributed by atoms with Crippen LogP contribution in [0.15, 0.2) is 108 Å². The monoisotopic (exact) mass is 627 g/mol. The molecule has 45 heavy (non-hydrogen) atoms. The molecule has 4 aromatic rings. The first kappa shape index (κ1) is 32.2. The zero-order valence-electron chi connectivity index (χ0n) is 26.0. The number of likely N-dealkylation sites (N-methyl/N-ethyl adjacent to an activating group) is 1. The Balaban J connectivity index is 1.37. The number of aliphatic hydroxyl groups is 1. The van der Waals surface area contributed by atoms with Crippen LogP contribution in [0.4, 0.5) is 5.69 Å². The number of nitrogens with zero attached hydrogens (tertiary/aromatic N) is 2. The molecular weight excluding hydrogens is 586 g/mol. The molecule has 0 aromatic heterocycles. The van der Waals surface area contributed by atoms with Gasteiger partial charge in [0.05, 0.1) is 24.0 Å². The van der Waals surface area contributed by atoms with Gasteiger partial charge in [-0.15, -0.1) is 0 Å². The van der Waals surface area contributed by atoms with Crippen molar-refractivity contribution < 1.29 is 23.1 Å². The van der Waals surface area contributed by atoms with Crippen LogP contribution in [0.3, 0.4) is 0 Å². The van der Waals surface area contributed by atoms with Gasteiger partial charge in [-0.1, -0.05) is 79.7 Å². The summed E-state index contributed by atoms with van der Waals surface area (Å²) in [6.07, 6.45) is -0.257. The average molecular weight is 628 g/mol. The highest BCUT2D eigenvalue weighted by Gasteiger charge is 2.31. The topological polar surface area (TPSA) is 99.2 Å². The number of sulfonamides is 1. The van der Waals surface area contributed by atoms with E-state index in [1.807, 2.05) is 25.1 Å². The van der Waals surface area contributed by atoms with E-state index in [0.29, 0.717) is 36.6 Å². The SMILES string of the molecule is C[C@@H]1CN([C@H](C)CO)C(=O)Cc2cc(NS(=O)(=O)c3ccccc3)ccc2O[C@@H]1CN(C)Cc1ccc(-c2ccccc2)cc1. The summed E-state index contributed by atoms with van der Waals surface area (Å²) < 4.78 is 35.3. The Labute approximate surface area is 266 Å². The van der Waals surface area contributed by atoms with E-state index in [1.165, 1.54) is 28.8 Å². The second kappa shape index (κ2) is 14.3. The molecule has 0 aliphatic carbocycles. The lowest BCUT2D eigenvalue weighted by Gasteiger charge is -2.34. The fourth-order valence-corrected chi connectivity index (χ4v) is 6.71. The summed E-state index contributed by atoms with van der Waals surface area (Å²) in [4.78, 5) is 17.6. The molecule has 3 atom stereocenters. The molecule has 0 fully saturated rings. The van der Waals surface area contributed by atoms with Crippen molar-refractivity contribution in [2.45, 2.75) is 43.9 Å². The van der Waals surface area contributed by atoms with E-state index in [0.717, 1.165) is 0 Å². The van der Waals surface area contributed by atoms with Gasteiger partial charge in [0.15, 0.2) is 0 Å². The number of hydrogen-bond donors (Lipinski definition) is 2. The molecule has 1 aliphatic heterocycles. The third-order valence-electron chi connectivity index (χ3n) is 8.23. The zero-order chi connectivity index (χ0) is 32.0. The molecule has 1 aliphatic rings. The van der Waals surface area contributed by atoms with Gasteiger partial charge in [0.2, 0.25) is 5.91 Å². The lowest BCUT2D eigenvalue weighted by atomic mass is 10.0. The van der Waals surface area contributed by atoms with E-state index in [-0.39, 0.29) is 41.9 Å². The number of fused-ring (bicyclic) bond motifs is 1. The molecule has 2 N–H and O–H groups in total. The summed E-state index contributed by atoms with van der Waals surface area (Å²) in [5.41, 5.74) is 4.45. The first-order valence-corrected chi connectivity index (χ1v) is 16.7. The largest absolute Gasteiger partial charge is 0.488 e. The summed E-state index contributed by atoms with van der Waals surface area (Å²) in [5.74, 6) is 0.346. The number of amides is 1. The first-order valence-electron chi connectivity index (χ1n) is 15.2. The highest BCUT2D eigenvalue weighted by molar-refractivity contribution is 7.92. The van der Waals surface area contributed by atoms with Gasteiger partial charge in [-0.25, -0.2) is 8.42 Å². The average Bonchev–Trinajstić information content (AvgIpc) is 3.09. The number of nitrogens with one attached hydrogen (secondary N) is 1. The van der Waals surface area contributed by atoms with Gasteiger partial charge < -0.3 is 14.7 Å². The van der Waals surface area contributed by atoms with E-state index in [2.05, 4.69) is 60.0 Å². The van der Waals surface area contributed by atoms with Crippen molar-refractivity contribution in [3.8, 4) is 16.9 Å². The lowest BCUT2D eigenvalue weighted by molar-refractivity contribution is -0.134. The van der Waals surface area contributed by atoms with Crippen LogP contribution in [0.1, 0.15) is 25.0 Å². The quantitative estimate of drug-likeness (QED) is 0.243. The van der Waals surface area contributed by atoms with Crippen LogP contribution in [0.5, 0.6) is 5.75 Å². The number of rotatable bonds is 10. The smallest absolute Gasteiger partial charge is 0.261 e. The van der Waals surface area contributed by atoms with Crippen LogP contribution < -0.4 is 9.46 Å². The van der Waals surface area contributed by atoms with Crippen LogP contribution in [0.25, 0.3) is 11.1 Å². The third-order valence-corrected chi connectivity index (χ3v) is 9.62.